The van der Waals surface area contributed by atoms with E-state index in [1.807, 2.05) is 59.1 Å². The summed E-state index contributed by atoms with van der Waals surface area (Å²) in [6, 6.07) is 16.2. The summed E-state index contributed by atoms with van der Waals surface area (Å²) >= 11 is 3.85. The summed E-state index contributed by atoms with van der Waals surface area (Å²) < 4.78 is 2.96. The molecule has 0 unspecified atom stereocenters. The van der Waals surface area contributed by atoms with Crippen molar-refractivity contribution in [1.29, 1.82) is 0 Å². The first-order valence-electron chi connectivity index (χ1n) is 10.1. The first-order chi connectivity index (χ1) is 13.9. The maximum absolute atomic E-state index is 4.19. The summed E-state index contributed by atoms with van der Waals surface area (Å²) in [6.07, 6.45) is 13.2. The summed E-state index contributed by atoms with van der Waals surface area (Å²) in [4.78, 5) is 9.95. The third kappa shape index (κ3) is 6.54. The van der Waals surface area contributed by atoms with Gasteiger partial charge in [0.15, 0.2) is 0 Å². The van der Waals surface area contributed by atoms with Gasteiger partial charge in [-0.3, -0.25) is 9.97 Å². The molecule has 0 N–H and O–H groups in total. The average Bonchev–Trinajstić information content (AvgIpc) is 3.34. The first kappa shape index (κ1) is 20.7. The van der Waals surface area contributed by atoms with Crippen molar-refractivity contribution in [2.75, 3.05) is 0 Å². The van der Waals surface area contributed by atoms with Gasteiger partial charge in [-0.25, -0.2) is 0 Å². The molecule has 4 heterocycles. The standard InChI is InChI=1S/C14H20S2.C10H8N2/c1-2-3-4-5-6-7-8-12-11-14-13(16-12)9-10-15-14;1-3-7-11-9(5-1)10-6-2-4-8-12-10/h9-11H,2-8H2,1H3;1-8H. The molecule has 4 aromatic heterocycles. The van der Waals surface area contributed by atoms with Crippen LogP contribution in [0.5, 0.6) is 0 Å². The minimum atomic E-state index is 0.915. The van der Waals surface area contributed by atoms with Crippen molar-refractivity contribution < 1.29 is 0 Å². The van der Waals surface area contributed by atoms with E-state index in [1.165, 1.54) is 54.3 Å². The van der Waals surface area contributed by atoms with Crippen LogP contribution in [-0.2, 0) is 6.42 Å². The van der Waals surface area contributed by atoms with Gasteiger partial charge in [-0.15, -0.1) is 22.7 Å². The molecule has 0 aliphatic rings. The molecule has 0 atom stereocenters. The number of aromatic nitrogens is 2. The second-order valence-electron chi connectivity index (χ2n) is 6.81. The van der Waals surface area contributed by atoms with Crippen LogP contribution in [0.15, 0.2) is 66.3 Å². The Morgan fingerprint density at radius 3 is 2.04 bits per heavy atom. The maximum Gasteiger partial charge on any atom is 0.0886 e. The fraction of sp³-hybridized carbons (Fsp3) is 0.333. The van der Waals surface area contributed by atoms with Crippen molar-refractivity contribution in [3.05, 3.63) is 71.2 Å². The van der Waals surface area contributed by atoms with Crippen LogP contribution >= 0.6 is 22.7 Å². The minimum Gasteiger partial charge on any atom is -0.255 e. The van der Waals surface area contributed by atoms with Gasteiger partial charge in [-0.1, -0.05) is 51.2 Å². The van der Waals surface area contributed by atoms with Crippen LogP contribution in [0.2, 0.25) is 0 Å². The van der Waals surface area contributed by atoms with Gasteiger partial charge in [0.25, 0.3) is 0 Å². The molecule has 0 aliphatic carbocycles. The Kier molecular flexibility index (Phi) is 8.66. The van der Waals surface area contributed by atoms with E-state index in [1.54, 1.807) is 17.3 Å². The van der Waals surface area contributed by atoms with Gasteiger partial charge in [0.05, 0.1) is 11.4 Å². The van der Waals surface area contributed by atoms with Gasteiger partial charge in [-0.05, 0) is 54.6 Å². The van der Waals surface area contributed by atoms with Crippen molar-refractivity contribution in [1.82, 2.24) is 9.97 Å². The van der Waals surface area contributed by atoms with Gasteiger partial charge >= 0.3 is 0 Å². The zero-order valence-corrected chi connectivity index (χ0v) is 18.1. The van der Waals surface area contributed by atoms with E-state index in [2.05, 4.69) is 34.4 Å². The number of unbranched alkanes of at least 4 members (excludes halogenated alkanes) is 5. The van der Waals surface area contributed by atoms with E-state index in [4.69, 9.17) is 0 Å². The molecule has 0 aromatic carbocycles. The van der Waals surface area contributed by atoms with E-state index in [0.29, 0.717) is 0 Å². The molecule has 0 saturated heterocycles. The second kappa shape index (κ2) is 11.7. The average molecular weight is 409 g/mol. The highest BCUT2D eigenvalue weighted by atomic mass is 32.1. The molecule has 2 nitrogen and oxygen atoms in total. The predicted octanol–water partition coefficient (Wildman–Crippen LogP) is 8.01. The molecule has 0 aliphatic heterocycles. The Bertz CT molecular complexity index is 847. The van der Waals surface area contributed by atoms with Crippen molar-refractivity contribution in [2.24, 2.45) is 0 Å². The molecule has 0 amide bonds. The van der Waals surface area contributed by atoms with E-state index >= 15 is 0 Å². The molecule has 0 bridgehead atoms. The van der Waals surface area contributed by atoms with Crippen LogP contribution in [0.1, 0.15) is 50.3 Å². The molecule has 28 heavy (non-hydrogen) atoms. The van der Waals surface area contributed by atoms with Crippen LogP contribution in [0.4, 0.5) is 0 Å². The number of hydrogen-bond acceptors (Lipinski definition) is 4. The summed E-state index contributed by atoms with van der Waals surface area (Å²) in [5.41, 5.74) is 1.83. The lowest BCUT2D eigenvalue weighted by atomic mass is 10.1. The van der Waals surface area contributed by atoms with Crippen molar-refractivity contribution in [3.8, 4) is 11.4 Å². The highest BCUT2D eigenvalue weighted by Crippen LogP contribution is 2.30. The third-order valence-corrected chi connectivity index (χ3v) is 6.71. The van der Waals surface area contributed by atoms with E-state index in [9.17, 15) is 0 Å². The smallest absolute Gasteiger partial charge is 0.0886 e. The number of rotatable bonds is 8. The third-order valence-electron chi connectivity index (χ3n) is 4.56. The largest absolute Gasteiger partial charge is 0.255 e. The molecule has 0 fully saturated rings. The Labute approximate surface area is 176 Å². The summed E-state index contributed by atoms with van der Waals surface area (Å²) in [5.74, 6) is 0. The van der Waals surface area contributed by atoms with Crippen LogP contribution in [-0.4, -0.2) is 9.97 Å². The highest BCUT2D eigenvalue weighted by molar-refractivity contribution is 7.26. The molecular formula is C24H28N2S2. The second-order valence-corrected chi connectivity index (χ2v) is 8.93. The Morgan fingerprint density at radius 1 is 0.750 bits per heavy atom. The van der Waals surface area contributed by atoms with E-state index in [-0.39, 0.29) is 0 Å². The SMILES string of the molecule is CCCCCCCCc1cc2sccc2s1.c1ccc(-c2ccccn2)nc1. The van der Waals surface area contributed by atoms with Crippen molar-refractivity contribution in [3.63, 3.8) is 0 Å². The molecule has 0 radical (unpaired) electrons. The Hall–Kier alpha value is -2.04. The maximum atomic E-state index is 4.19. The quantitative estimate of drug-likeness (QED) is 0.276. The van der Waals surface area contributed by atoms with Crippen molar-refractivity contribution >= 4 is 32.1 Å². The van der Waals surface area contributed by atoms with Crippen LogP contribution in [0.3, 0.4) is 0 Å². The number of nitrogens with zero attached hydrogens (tertiary/aromatic N) is 2. The number of hydrogen-bond donors (Lipinski definition) is 0. The van der Waals surface area contributed by atoms with Crippen LogP contribution in [0.25, 0.3) is 20.8 Å². The normalized spacial score (nSPS) is 10.6. The molecule has 4 heteroatoms. The fourth-order valence-electron chi connectivity index (χ4n) is 3.05. The lowest BCUT2D eigenvalue weighted by Crippen LogP contribution is -1.83. The lowest BCUT2D eigenvalue weighted by Gasteiger charge is -1.98. The van der Waals surface area contributed by atoms with Crippen molar-refractivity contribution in [2.45, 2.75) is 51.9 Å². The van der Waals surface area contributed by atoms with Gasteiger partial charge < -0.3 is 0 Å². The van der Waals surface area contributed by atoms with E-state index < -0.39 is 0 Å². The van der Waals surface area contributed by atoms with Gasteiger partial charge in [-0.2, -0.15) is 0 Å². The topological polar surface area (TPSA) is 25.8 Å². The zero-order valence-electron chi connectivity index (χ0n) is 16.5. The molecule has 0 spiro atoms. The fourth-order valence-corrected chi connectivity index (χ4v) is 5.22. The summed E-state index contributed by atoms with van der Waals surface area (Å²) in [5, 5.41) is 2.19. The van der Waals surface area contributed by atoms with Gasteiger partial charge in [0.2, 0.25) is 0 Å². The molecular weight excluding hydrogens is 380 g/mol. The van der Waals surface area contributed by atoms with E-state index in [0.717, 1.165) is 11.4 Å². The molecule has 4 rings (SSSR count). The monoisotopic (exact) mass is 408 g/mol. The zero-order chi connectivity index (χ0) is 19.4. The summed E-state index contributed by atoms with van der Waals surface area (Å²) in [6.45, 7) is 2.28. The highest BCUT2D eigenvalue weighted by Gasteiger charge is 2.02. The van der Waals surface area contributed by atoms with Crippen LogP contribution in [0, 0.1) is 0 Å². The number of aryl methyl sites for hydroxylation is 1. The van der Waals surface area contributed by atoms with Gasteiger partial charge in [0.1, 0.15) is 0 Å². The first-order valence-corrected chi connectivity index (χ1v) is 11.8. The Morgan fingerprint density at radius 2 is 1.43 bits per heavy atom. The van der Waals surface area contributed by atoms with Crippen LogP contribution < -0.4 is 0 Å². The number of pyridine rings is 2. The summed E-state index contributed by atoms with van der Waals surface area (Å²) in [7, 11) is 0. The number of thiophene rings is 2. The molecule has 4 aromatic rings. The molecule has 146 valence electrons. The minimum absolute atomic E-state index is 0.915. The predicted molar refractivity (Wildman–Crippen MR) is 124 cm³/mol. The Balaban J connectivity index is 0.000000167. The number of fused-ring (bicyclic) bond motifs is 1. The lowest BCUT2D eigenvalue weighted by molar-refractivity contribution is 0.609. The molecule has 0 saturated carbocycles. The van der Waals surface area contributed by atoms with Gasteiger partial charge in [0, 0.05) is 26.7 Å².